The lowest BCUT2D eigenvalue weighted by Crippen LogP contribution is -1.99. The second-order valence-corrected chi connectivity index (χ2v) is 12.8. The zero-order chi connectivity index (χ0) is 34.2. The molecule has 7 nitrogen and oxygen atoms in total. The summed E-state index contributed by atoms with van der Waals surface area (Å²) in [5.41, 5.74) is 6.59. The molecule has 0 saturated carbocycles. The third kappa shape index (κ3) is 5.97. The van der Waals surface area contributed by atoms with Gasteiger partial charge in [0.05, 0.1) is 21.5 Å². The molecule has 0 atom stereocenters. The Bertz CT molecular complexity index is 2540. The van der Waals surface area contributed by atoms with Gasteiger partial charge < -0.3 is 9.47 Å². The Labute approximate surface area is 296 Å². The summed E-state index contributed by atoms with van der Waals surface area (Å²) in [6.07, 6.45) is 1.92. The van der Waals surface area contributed by atoms with E-state index in [1.807, 2.05) is 91.1 Å². The summed E-state index contributed by atoms with van der Waals surface area (Å²) in [4.78, 5) is 16.1. The van der Waals surface area contributed by atoms with Gasteiger partial charge in [-0.3, -0.25) is 14.7 Å². The Hall–Kier alpha value is -6.25. The summed E-state index contributed by atoms with van der Waals surface area (Å²) in [6, 6.07) is 46.4. The van der Waals surface area contributed by atoms with Crippen LogP contribution in [0.2, 0.25) is 0 Å². The van der Waals surface area contributed by atoms with E-state index in [1.165, 1.54) is 6.07 Å². The second kappa shape index (κ2) is 13.0. The molecule has 0 aliphatic rings. The molecule has 0 spiro atoms. The molecule has 0 saturated heterocycles. The first-order valence-electron chi connectivity index (χ1n) is 16.0. The number of aromatic nitrogens is 2. The highest BCUT2D eigenvalue weighted by atomic mass is 79.9. The topological polar surface area (TPSA) is 79.4 Å². The highest BCUT2D eigenvalue weighted by Crippen LogP contribution is 2.37. The predicted molar refractivity (Wildman–Crippen MR) is 202 cm³/mol. The lowest BCUT2D eigenvalue weighted by molar-refractivity contribution is -0.384. The van der Waals surface area contributed by atoms with E-state index in [-0.39, 0.29) is 10.6 Å². The van der Waals surface area contributed by atoms with Gasteiger partial charge in [0.1, 0.15) is 28.8 Å². The fourth-order valence-electron chi connectivity index (χ4n) is 6.31. The Morgan fingerprint density at radius 2 is 1.24 bits per heavy atom. The van der Waals surface area contributed by atoms with Crippen molar-refractivity contribution in [1.29, 1.82) is 0 Å². The van der Waals surface area contributed by atoms with Gasteiger partial charge >= 0.3 is 0 Å². The third-order valence-corrected chi connectivity index (χ3v) is 9.16. The van der Waals surface area contributed by atoms with Gasteiger partial charge in [-0.2, -0.15) is 0 Å². The Morgan fingerprint density at radius 3 is 1.96 bits per heavy atom. The van der Waals surface area contributed by atoms with Gasteiger partial charge in [-0.25, -0.2) is 4.98 Å². The molecule has 2 heterocycles. The van der Waals surface area contributed by atoms with Crippen LogP contribution in [0.1, 0.15) is 5.56 Å². The predicted octanol–water partition coefficient (Wildman–Crippen LogP) is 12.1. The van der Waals surface area contributed by atoms with Crippen molar-refractivity contribution in [2.24, 2.45) is 0 Å². The number of hydrogen-bond acceptors (Lipinski definition) is 5. The highest BCUT2D eigenvalue weighted by Gasteiger charge is 2.16. The van der Waals surface area contributed by atoms with Crippen molar-refractivity contribution in [3.8, 4) is 51.1 Å². The number of nitro benzene ring substituents is 1. The van der Waals surface area contributed by atoms with Gasteiger partial charge in [0.25, 0.3) is 5.69 Å². The number of pyridine rings is 1. The van der Waals surface area contributed by atoms with Crippen LogP contribution in [0.15, 0.2) is 156 Å². The van der Waals surface area contributed by atoms with E-state index in [0.717, 1.165) is 65.8 Å². The van der Waals surface area contributed by atoms with Crippen LogP contribution in [0.5, 0.6) is 23.0 Å². The molecule has 242 valence electrons. The van der Waals surface area contributed by atoms with Crippen LogP contribution in [-0.4, -0.2) is 14.5 Å². The number of benzene rings is 6. The molecule has 0 aliphatic heterocycles. The zero-order valence-corrected chi connectivity index (χ0v) is 28.4. The van der Waals surface area contributed by atoms with Crippen LogP contribution >= 0.6 is 15.9 Å². The van der Waals surface area contributed by atoms with Gasteiger partial charge in [0.15, 0.2) is 0 Å². The minimum absolute atomic E-state index is 0.0702. The van der Waals surface area contributed by atoms with Gasteiger partial charge in [-0.15, -0.1) is 0 Å². The molecule has 8 heteroatoms. The van der Waals surface area contributed by atoms with Crippen molar-refractivity contribution in [3.63, 3.8) is 0 Å². The molecule has 0 N–H and O–H groups in total. The van der Waals surface area contributed by atoms with E-state index < -0.39 is 0 Å². The molecule has 0 bridgehead atoms. The molecule has 6 aromatic carbocycles. The smallest absolute Gasteiger partial charge is 0.277 e. The van der Waals surface area contributed by atoms with Crippen LogP contribution < -0.4 is 9.47 Å². The molecular weight excluding hydrogens is 690 g/mol. The Kier molecular flexibility index (Phi) is 8.06. The van der Waals surface area contributed by atoms with Crippen molar-refractivity contribution in [2.75, 3.05) is 0 Å². The summed E-state index contributed by atoms with van der Waals surface area (Å²) in [5, 5.41) is 13.7. The average molecular weight is 719 g/mol. The zero-order valence-electron chi connectivity index (χ0n) is 26.8. The highest BCUT2D eigenvalue weighted by molar-refractivity contribution is 9.10. The molecule has 0 aliphatic carbocycles. The van der Waals surface area contributed by atoms with E-state index >= 15 is 0 Å². The molecule has 2 aromatic heterocycles. The van der Waals surface area contributed by atoms with Crippen LogP contribution in [0, 0.1) is 17.0 Å². The van der Waals surface area contributed by atoms with Crippen molar-refractivity contribution < 1.29 is 14.4 Å². The lowest BCUT2D eigenvalue weighted by Gasteiger charge is -2.13. The minimum atomic E-state index is -0.367. The van der Waals surface area contributed by atoms with Crippen LogP contribution in [0.3, 0.4) is 0 Å². The Balaban J connectivity index is 1.06. The maximum absolute atomic E-state index is 11.5. The van der Waals surface area contributed by atoms with Crippen LogP contribution in [-0.2, 0) is 0 Å². The number of fused-ring (bicyclic) bond motifs is 3. The fourth-order valence-corrected chi connectivity index (χ4v) is 6.69. The fraction of sp³-hybridized carbons (Fsp3) is 0.0238. The van der Waals surface area contributed by atoms with Gasteiger partial charge in [-0.05, 0) is 96.4 Å². The number of ether oxygens (including phenoxy) is 2. The monoisotopic (exact) mass is 717 g/mol. The summed E-state index contributed by atoms with van der Waals surface area (Å²) in [5.74, 6) is 3.64. The number of halogens is 1. The van der Waals surface area contributed by atoms with Crippen LogP contribution in [0.4, 0.5) is 5.69 Å². The molecule has 0 amide bonds. The number of para-hydroxylation sites is 2. The van der Waals surface area contributed by atoms with Crippen molar-refractivity contribution in [3.05, 3.63) is 172 Å². The summed E-state index contributed by atoms with van der Waals surface area (Å²) < 4.78 is 15.5. The van der Waals surface area contributed by atoms with E-state index in [1.54, 1.807) is 18.2 Å². The maximum Gasteiger partial charge on any atom is 0.277 e. The largest absolute Gasteiger partial charge is 0.457 e. The lowest BCUT2D eigenvalue weighted by atomic mass is 10.0. The molecule has 0 unspecified atom stereocenters. The van der Waals surface area contributed by atoms with Crippen molar-refractivity contribution in [2.45, 2.75) is 6.92 Å². The minimum Gasteiger partial charge on any atom is -0.457 e. The molecule has 0 fully saturated rings. The normalized spacial score (nSPS) is 11.2. The summed E-state index contributed by atoms with van der Waals surface area (Å²) in [6.45, 7) is 2.10. The quantitative estimate of drug-likeness (QED) is 0.115. The van der Waals surface area contributed by atoms with Gasteiger partial charge in [0.2, 0.25) is 0 Å². The van der Waals surface area contributed by atoms with E-state index in [0.29, 0.717) is 17.1 Å². The van der Waals surface area contributed by atoms with Gasteiger partial charge in [0, 0.05) is 39.1 Å². The molecular formula is C42H28BrN3O4. The van der Waals surface area contributed by atoms with E-state index in [9.17, 15) is 10.1 Å². The number of nitro groups is 1. The summed E-state index contributed by atoms with van der Waals surface area (Å²) in [7, 11) is 0. The first-order chi connectivity index (χ1) is 24.4. The number of hydrogen-bond donors (Lipinski definition) is 0. The van der Waals surface area contributed by atoms with E-state index in [2.05, 4.69) is 63.8 Å². The molecule has 50 heavy (non-hydrogen) atoms. The number of rotatable bonds is 8. The molecule has 8 aromatic rings. The SMILES string of the molecule is Cc1cc(-n2c3ccccc3c3ccc(Oc4cccc(Br)c4)cc32)ncc1-c1ccc(Oc2ccc(-c3ccccc3[N+](=O)[O-])cc2)cc1. The van der Waals surface area contributed by atoms with Crippen molar-refractivity contribution >= 4 is 43.4 Å². The van der Waals surface area contributed by atoms with E-state index in [4.69, 9.17) is 14.5 Å². The molecule has 0 radical (unpaired) electrons. The average Bonchev–Trinajstić information content (AvgIpc) is 3.46. The molecule has 8 rings (SSSR count). The first-order valence-corrected chi connectivity index (χ1v) is 16.8. The number of aryl methyl sites for hydroxylation is 1. The Morgan fingerprint density at radius 1 is 0.620 bits per heavy atom. The number of nitrogens with zero attached hydrogens (tertiary/aromatic N) is 3. The third-order valence-electron chi connectivity index (χ3n) is 8.67. The summed E-state index contributed by atoms with van der Waals surface area (Å²) >= 11 is 3.53. The first kappa shape index (κ1) is 31.0. The second-order valence-electron chi connectivity index (χ2n) is 11.9. The van der Waals surface area contributed by atoms with Gasteiger partial charge in [-0.1, -0.05) is 76.6 Å². The van der Waals surface area contributed by atoms with Crippen LogP contribution in [0.25, 0.3) is 49.9 Å². The maximum atomic E-state index is 11.5. The van der Waals surface area contributed by atoms with Crippen molar-refractivity contribution in [1.82, 2.24) is 9.55 Å². The standard InChI is InChI=1S/C42H28BrN3O4/c1-27-23-42(45-39-11-4-3-10-36(39)37-22-21-34(25-41(37)45)50-33-8-6-7-30(43)24-33)44-26-38(27)29-15-19-32(20-16-29)49-31-17-13-28(14-18-31)35-9-2-5-12-40(35)46(47)48/h2-26H,1H3.